The second kappa shape index (κ2) is 7.87. The summed E-state index contributed by atoms with van der Waals surface area (Å²) in [5.41, 5.74) is 2.83. The van der Waals surface area contributed by atoms with Gasteiger partial charge in [0.1, 0.15) is 18.0 Å². The zero-order chi connectivity index (χ0) is 19.6. The molecule has 0 aliphatic heterocycles. The molecule has 0 saturated carbocycles. The minimum absolute atomic E-state index is 0.141. The van der Waals surface area contributed by atoms with Gasteiger partial charge >= 0.3 is 5.97 Å². The molecule has 1 aliphatic rings. The summed E-state index contributed by atoms with van der Waals surface area (Å²) in [6.07, 6.45) is 2.20. The third-order valence-corrected chi connectivity index (χ3v) is 4.71. The van der Waals surface area contributed by atoms with Crippen molar-refractivity contribution in [2.24, 2.45) is 0 Å². The normalized spacial score (nSPS) is 12.9. The topological polar surface area (TPSA) is 84.7 Å². The van der Waals surface area contributed by atoms with Crippen molar-refractivity contribution in [3.63, 3.8) is 0 Å². The Morgan fingerprint density at radius 3 is 2.81 bits per heavy atom. The standard InChI is InChI=1S/C19H22FN3O4/c1-12-5-3-7-14(20)18(12)23-15-8-4-6-13(15)17(21-23)19(26)22(9-10-27-2)11-16(24)25/h3,5,7H,4,6,8-11H2,1-2H3,(H,24,25). The number of hydrogen-bond donors (Lipinski definition) is 1. The summed E-state index contributed by atoms with van der Waals surface area (Å²) in [4.78, 5) is 25.3. The Balaban J connectivity index is 2.04. The van der Waals surface area contributed by atoms with Crippen molar-refractivity contribution < 1.29 is 23.8 Å². The summed E-state index contributed by atoms with van der Waals surface area (Å²) in [7, 11) is 1.48. The van der Waals surface area contributed by atoms with Crippen LogP contribution in [0.3, 0.4) is 0 Å². The first-order valence-corrected chi connectivity index (χ1v) is 8.80. The predicted molar refractivity (Wildman–Crippen MR) is 95.7 cm³/mol. The fourth-order valence-electron chi connectivity index (χ4n) is 3.45. The number of halogens is 1. The molecule has 0 saturated heterocycles. The van der Waals surface area contributed by atoms with Gasteiger partial charge in [-0.25, -0.2) is 9.07 Å². The second-order valence-electron chi connectivity index (χ2n) is 6.56. The molecule has 0 unspecified atom stereocenters. The molecule has 1 amide bonds. The number of nitrogens with zero attached hydrogens (tertiary/aromatic N) is 3. The molecular formula is C19H22FN3O4. The molecule has 1 aromatic carbocycles. The highest BCUT2D eigenvalue weighted by Gasteiger charge is 2.31. The van der Waals surface area contributed by atoms with Gasteiger partial charge in [0.2, 0.25) is 0 Å². The molecule has 0 spiro atoms. The van der Waals surface area contributed by atoms with Crippen LogP contribution in [0.4, 0.5) is 4.39 Å². The van der Waals surface area contributed by atoms with E-state index in [1.807, 2.05) is 0 Å². The Bertz CT molecular complexity index is 858. The van der Waals surface area contributed by atoms with Crippen molar-refractivity contribution in [1.82, 2.24) is 14.7 Å². The van der Waals surface area contributed by atoms with Crippen molar-refractivity contribution in [1.29, 1.82) is 0 Å². The lowest BCUT2D eigenvalue weighted by Crippen LogP contribution is -2.38. The van der Waals surface area contributed by atoms with Crippen molar-refractivity contribution in [2.45, 2.75) is 26.2 Å². The zero-order valence-electron chi connectivity index (χ0n) is 15.4. The SMILES string of the molecule is COCCN(CC(=O)O)C(=O)c1nn(-c2c(C)cccc2F)c2c1CCC2. The van der Waals surface area contributed by atoms with Crippen molar-refractivity contribution in [3.05, 3.63) is 46.5 Å². The number of carboxylic acids is 1. The summed E-state index contributed by atoms with van der Waals surface area (Å²) >= 11 is 0. The van der Waals surface area contributed by atoms with E-state index in [-0.39, 0.29) is 18.8 Å². The Morgan fingerprint density at radius 2 is 2.15 bits per heavy atom. The number of carbonyl (C=O) groups is 2. The number of rotatable bonds is 7. The van der Waals surface area contributed by atoms with E-state index in [2.05, 4.69) is 5.10 Å². The van der Waals surface area contributed by atoms with Crippen LogP contribution < -0.4 is 0 Å². The van der Waals surface area contributed by atoms with Gasteiger partial charge in [0.05, 0.1) is 6.61 Å². The minimum Gasteiger partial charge on any atom is -0.480 e. The summed E-state index contributed by atoms with van der Waals surface area (Å²) in [6.45, 7) is 1.71. The fraction of sp³-hybridized carbons (Fsp3) is 0.421. The number of fused-ring (bicyclic) bond motifs is 1. The van der Waals surface area contributed by atoms with Crippen molar-refractivity contribution in [3.8, 4) is 5.69 Å². The average Bonchev–Trinajstić information content (AvgIpc) is 3.21. The van der Waals surface area contributed by atoms with E-state index < -0.39 is 24.2 Å². The van der Waals surface area contributed by atoms with E-state index in [0.29, 0.717) is 24.1 Å². The van der Waals surface area contributed by atoms with Gasteiger partial charge in [-0.2, -0.15) is 5.10 Å². The number of ether oxygens (including phenoxy) is 1. The molecule has 144 valence electrons. The summed E-state index contributed by atoms with van der Waals surface area (Å²) in [5.74, 6) is -1.99. The second-order valence-corrected chi connectivity index (χ2v) is 6.56. The highest BCUT2D eigenvalue weighted by atomic mass is 19.1. The first-order chi connectivity index (χ1) is 12.9. The number of amides is 1. The van der Waals surface area contributed by atoms with E-state index in [9.17, 15) is 14.0 Å². The smallest absolute Gasteiger partial charge is 0.323 e. The fourth-order valence-corrected chi connectivity index (χ4v) is 3.45. The van der Waals surface area contributed by atoms with Crippen molar-refractivity contribution >= 4 is 11.9 Å². The maximum atomic E-state index is 14.5. The van der Waals surface area contributed by atoms with Crippen molar-refractivity contribution in [2.75, 3.05) is 26.8 Å². The van der Waals surface area contributed by atoms with E-state index >= 15 is 0 Å². The first-order valence-electron chi connectivity index (χ1n) is 8.80. The average molecular weight is 375 g/mol. The Kier molecular flexibility index (Phi) is 5.55. The number of aryl methyl sites for hydroxylation is 1. The van der Waals surface area contributed by atoms with E-state index in [4.69, 9.17) is 9.84 Å². The van der Waals surface area contributed by atoms with E-state index in [1.54, 1.807) is 19.1 Å². The number of carboxylic acid groups (broad SMARTS) is 1. The first kappa shape index (κ1) is 19.0. The molecule has 1 N–H and O–H groups in total. The number of hydrogen-bond acceptors (Lipinski definition) is 4. The maximum Gasteiger partial charge on any atom is 0.323 e. The van der Waals surface area contributed by atoms with Crippen LogP contribution in [0.5, 0.6) is 0 Å². The van der Waals surface area contributed by atoms with Gasteiger partial charge in [-0.1, -0.05) is 12.1 Å². The lowest BCUT2D eigenvalue weighted by atomic mass is 10.1. The molecule has 0 radical (unpaired) electrons. The quantitative estimate of drug-likeness (QED) is 0.800. The molecule has 0 atom stereocenters. The molecule has 1 aromatic heterocycles. The van der Waals surface area contributed by atoms with Gasteiger partial charge in [-0.15, -0.1) is 0 Å². The number of aromatic nitrogens is 2. The molecular weight excluding hydrogens is 353 g/mol. The number of methoxy groups -OCH3 is 1. The monoisotopic (exact) mass is 375 g/mol. The Hall–Kier alpha value is -2.74. The molecule has 27 heavy (non-hydrogen) atoms. The molecule has 7 nitrogen and oxygen atoms in total. The largest absolute Gasteiger partial charge is 0.480 e. The minimum atomic E-state index is -1.11. The van der Waals surface area contributed by atoms with E-state index in [0.717, 1.165) is 17.7 Å². The van der Waals surface area contributed by atoms with Crippen LogP contribution >= 0.6 is 0 Å². The molecule has 8 heteroatoms. The number of carbonyl (C=O) groups excluding carboxylic acids is 1. The lowest BCUT2D eigenvalue weighted by molar-refractivity contribution is -0.137. The third-order valence-electron chi connectivity index (χ3n) is 4.71. The van der Waals surface area contributed by atoms with Gasteiger partial charge < -0.3 is 14.7 Å². The molecule has 1 heterocycles. The highest BCUT2D eigenvalue weighted by Crippen LogP contribution is 2.30. The van der Waals surface area contributed by atoms with E-state index in [1.165, 1.54) is 22.8 Å². The Morgan fingerprint density at radius 1 is 1.37 bits per heavy atom. The maximum absolute atomic E-state index is 14.5. The summed E-state index contributed by atoms with van der Waals surface area (Å²) < 4.78 is 20.9. The van der Waals surface area contributed by atoms with Crippen LogP contribution in [0.25, 0.3) is 5.69 Å². The number of aliphatic carboxylic acids is 1. The van der Waals surface area contributed by atoms with Crippen LogP contribution in [0.15, 0.2) is 18.2 Å². The molecule has 0 fully saturated rings. The highest BCUT2D eigenvalue weighted by molar-refractivity contribution is 5.96. The zero-order valence-corrected chi connectivity index (χ0v) is 15.4. The van der Waals surface area contributed by atoms with Gasteiger partial charge in [0.15, 0.2) is 5.69 Å². The lowest BCUT2D eigenvalue weighted by Gasteiger charge is -2.19. The van der Waals surface area contributed by atoms with Gasteiger partial charge in [0.25, 0.3) is 5.91 Å². The third kappa shape index (κ3) is 3.71. The molecule has 1 aliphatic carbocycles. The van der Waals surface area contributed by atoms with Crippen LogP contribution in [0.1, 0.15) is 33.7 Å². The molecule has 3 rings (SSSR count). The summed E-state index contributed by atoms with van der Waals surface area (Å²) in [5, 5.41) is 13.5. The predicted octanol–water partition coefficient (Wildman–Crippen LogP) is 1.98. The van der Waals surface area contributed by atoms with Gasteiger partial charge in [-0.05, 0) is 37.8 Å². The summed E-state index contributed by atoms with van der Waals surface area (Å²) in [6, 6.07) is 4.78. The molecule has 0 bridgehead atoms. The molecule has 2 aromatic rings. The van der Waals surface area contributed by atoms with Crippen LogP contribution in [-0.2, 0) is 22.4 Å². The van der Waals surface area contributed by atoms with Crippen LogP contribution in [-0.4, -0.2) is 58.5 Å². The Labute approximate surface area is 156 Å². The van der Waals surface area contributed by atoms with Crippen LogP contribution in [0.2, 0.25) is 0 Å². The van der Waals surface area contributed by atoms with Gasteiger partial charge in [-0.3, -0.25) is 9.59 Å². The van der Waals surface area contributed by atoms with Crippen LogP contribution in [0, 0.1) is 12.7 Å². The van der Waals surface area contributed by atoms with Gasteiger partial charge in [0, 0.05) is 24.9 Å². The number of benzene rings is 1. The number of para-hydroxylation sites is 1.